The predicted molar refractivity (Wildman–Crippen MR) is 118 cm³/mol. The number of methoxy groups -OCH3 is 1. The quantitative estimate of drug-likeness (QED) is 0.281. The van der Waals surface area contributed by atoms with E-state index in [1.54, 1.807) is 31.4 Å². The maximum atomic E-state index is 13.0. The number of hydrogen-bond acceptors (Lipinski definition) is 5. The minimum atomic E-state index is -4.64. The third kappa shape index (κ3) is 5.81. The Morgan fingerprint density at radius 1 is 1.25 bits per heavy atom. The third-order valence-corrected chi connectivity index (χ3v) is 5.75. The number of benzene rings is 2. The number of aromatic nitrogens is 2. The molecule has 0 saturated heterocycles. The zero-order valence-electron chi connectivity index (χ0n) is 16.9. The van der Waals surface area contributed by atoms with Crippen LogP contribution in [-0.2, 0) is 22.3 Å². The number of fused-ring (bicyclic) bond motifs is 1. The first-order valence-electron chi connectivity index (χ1n) is 9.48. The van der Waals surface area contributed by atoms with Crippen molar-refractivity contribution >= 4 is 45.9 Å². The molecule has 3 aromatic rings. The van der Waals surface area contributed by atoms with Crippen LogP contribution in [0.25, 0.3) is 10.9 Å². The fourth-order valence-corrected chi connectivity index (χ4v) is 4.02. The van der Waals surface area contributed by atoms with E-state index in [1.165, 1.54) is 10.6 Å². The van der Waals surface area contributed by atoms with Gasteiger partial charge in [-0.2, -0.15) is 13.2 Å². The van der Waals surface area contributed by atoms with Crippen LogP contribution in [0.4, 0.5) is 18.9 Å². The summed E-state index contributed by atoms with van der Waals surface area (Å²) < 4.78 is 45.6. The van der Waals surface area contributed by atoms with Gasteiger partial charge in [0.05, 0.1) is 27.2 Å². The molecule has 0 fully saturated rings. The first-order chi connectivity index (χ1) is 15.2. The van der Waals surface area contributed by atoms with Gasteiger partial charge in [0.25, 0.3) is 5.56 Å². The van der Waals surface area contributed by atoms with Crippen molar-refractivity contribution < 1.29 is 22.7 Å². The summed E-state index contributed by atoms with van der Waals surface area (Å²) in [5, 5.41) is 2.77. The number of hydrogen-bond donors (Lipinski definition) is 1. The number of para-hydroxylation sites is 1. The smallest absolute Gasteiger partial charge is 0.385 e. The number of carbonyl (C=O) groups is 1. The molecule has 0 bridgehead atoms. The van der Waals surface area contributed by atoms with Crippen molar-refractivity contribution in [2.24, 2.45) is 0 Å². The van der Waals surface area contributed by atoms with Crippen LogP contribution in [0, 0.1) is 0 Å². The second-order valence-electron chi connectivity index (χ2n) is 6.74. The van der Waals surface area contributed by atoms with Crippen LogP contribution in [0.5, 0.6) is 0 Å². The van der Waals surface area contributed by atoms with E-state index in [-0.39, 0.29) is 17.0 Å². The number of alkyl halides is 3. The number of nitrogens with zero attached hydrogens (tertiary/aromatic N) is 2. The van der Waals surface area contributed by atoms with Crippen LogP contribution < -0.4 is 10.9 Å². The van der Waals surface area contributed by atoms with Gasteiger partial charge in [0, 0.05) is 25.9 Å². The van der Waals surface area contributed by atoms with Crippen molar-refractivity contribution in [3.63, 3.8) is 0 Å². The molecular formula is C21H19ClF3N3O3S. The molecule has 3 rings (SSSR count). The SMILES string of the molecule is COCCCn1c(SCC(=O)Nc2ccc(Cl)c(C(F)(F)F)c2)nc2ccccc2c1=O. The van der Waals surface area contributed by atoms with E-state index >= 15 is 0 Å². The molecule has 1 aromatic heterocycles. The number of carbonyl (C=O) groups excluding carboxylic acids is 1. The maximum Gasteiger partial charge on any atom is 0.417 e. The fraction of sp³-hybridized carbons (Fsp3) is 0.286. The van der Waals surface area contributed by atoms with Gasteiger partial charge < -0.3 is 10.1 Å². The lowest BCUT2D eigenvalue weighted by molar-refractivity contribution is -0.137. The second-order valence-corrected chi connectivity index (χ2v) is 8.09. The van der Waals surface area contributed by atoms with Crippen molar-refractivity contribution in [3.8, 4) is 0 Å². The minimum absolute atomic E-state index is 0.0312. The van der Waals surface area contributed by atoms with Crippen molar-refractivity contribution in [1.82, 2.24) is 9.55 Å². The van der Waals surface area contributed by atoms with Crippen molar-refractivity contribution in [3.05, 3.63) is 63.4 Å². The third-order valence-electron chi connectivity index (χ3n) is 4.44. The van der Waals surface area contributed by atoms with E-state index in [9.17, 15) is 22.8 Å². The molecule has 0 atom stereocenters. The van der Waals surface area contributed by atoms with Gasteiger partial charge in [-0.05, 0) is 36.8 Å². The summed E-state index contributed by atoms with van der Waals surface area (Å²) in [4.78, 5) is 29.8. The molecule has 0 radical (unpaired) electrons. The first kappa shape index (κ1) is 24.1. The van der Waals surface area contributed by atoms with Crippen LogP contribution in [0.2, 0.25) is 5.02 Å². The summed E-state index contributed by atoms with van der Waals surface area (Å²) >= 11 is 6.63. The van der Waals surface area contributed by atoms with E-state index in [0.717, 1.165) is 23.9 Å². The van der Waals surface area contributed by atoms with E-state index in [0.29, 0.717) is 35.6 Å². The number of anilines is 1. The molecule has 170 valence electrons. The Bertz CT molecular complexity index is 1180. The monoisotopic (exact) mass is 485 g/mol. The van der Waals surface area contributed by atoms with Crippen molar-refractivity contribution in [2.45, 2.75) is 24.3 Å². The summed E-state index contributed by atoms with van der Waals surface area (Å²) in [7, 11) is 1.56. The number of halogens is 4. The molecule has 0 unspecified atom stereocenters. The topological polar surface area (TPSA) is 73.2 Å². The van der Waals surface area contributed by atoms with Gasteiger partial charge in [0.15, 0.2) is 5.16 Å². The lowest BCUT2D eigenvalue weighted by Crippen LogP contribution is -2.25. The van der Waals surface area contributed by atoms with Crippen LogP contribution >= 0.6 is 23.4 Å². The summed E-state index contributed by atoms with van der Waals surface area (Å²) in [6.45, 7) is 0.794. The fourth-order valence-electron chi connectivity index (χ4n) is 2.97. The molecule has 0 saturated carbocycles. The normalized spacial score (nSPS) is 11.7. The molecular weight excluding hydrogens is 467 g/mol. The Kier molecular flexibility index (Phi) is 7.81. The van der Waals surface area contributed by atoms with E-state index < -0.39 is 22.7 Å². The molecule has 0 spiro atoms. The molecule has 1 heterocycles. The zero-order valence-corrected chi connectivity index (χ0v) is 18.5. The Morgan fingerprint density at radius 2 is 2.00 bits per heavy atom. The highest BCUT2D eigenvalue weighted by Gasteiger charge is 2.33. The Labute approximate surface area is 190 Å². The number of rotatable bonds is 8. The minimum Gasteiger partial charge on any atom is -0.385 e. The number of ether oxygens (including phenoxy) is 1. The van der Waals surface area contributed by atoms with Gasteiger partial charge in [0.2, 0.25) is 5.91 Å². The van der Waals surface area contributed by atoms with Crippen LogP contribution in [0.3, 0.4) is 0 Å². The van der Waals surface area contributed by atoms with Crippen molar-refractivity contribution in [2.75, 3.05) is 24.8 Å². The average Bonchev–Trinajstić information content (AvgIpc) is 2.74. The summed E-state index contributed by atoms with van der Waals surface area (Å²) in [5.41, 5.74) is -0.804. The Balaban J connectivity index is 1.78. The summed E-state index contributed by atoms with van der Waals surface area (Å²) in [6.07, 6.45) is -4.07. The number of nitrogens with one attached hydrogen (secondary N) is 1. The van der Waals surface area contributed by atoms with Gasteiger partial charge in [-0.15, -0.1) is 0 Å². The number of thioether (sulfide) groups is 1. The standard InChI is InChI=1S/C21H19ClF3N3O3S/c1-31-10-4-9-28-19(30)14-5-2-3-6-17(14)27-20(28)32-12-18(29)26-13-7-8-16(22)15(11-13)21(23,24)25/h2-3,5-8,11H,4,9-10,12H2,1H3,(H,26,29). The van der Waals surface area contributed by atoms with E-state index in [2.05, 4.69) is 10.3 Å². The van der Waals surface area contributed by atoms with Gasteiger partial charge in [0.1, 0.15) is 0 Å². The van der Waals surface area contributed by atoms with Crippen molar-refractivity contribution in [1.29, 1.82) is 0 Å². The number of amides is 1. The second kappa shape index (κ2) is 10.4. The molecule has 2 aromatic carbocycles. The largest absolute Gasteiger partial charge is 0.417 e. The Morgan fingerprint density at radius 3 is 2.72 bits per heavy atom. The predicted octanol–water partition coefficient (Wildman–Crippen LogP) is 4.84. The highest BCUT2D eigenvalue weighted by atomic mass is 35.5. The van der Waals surface area contributed by atoms with E-state index in [4.69, 9.17) is 16.3 Å². The molecule has 0 aliphatic rings. The molecule has 6 nitrogen and oxygen atoms in total. The van der Waals surface area contributed by atoms with Crippen LogP contribution in [-0.4, -0.2) is 34.9 Å². The molecule has 0 aliphatic carbocycles. The van der Waals surface area contributed by atoms with Crippen LogP contribution in [0.15, 0.2) is 52.4 Å². The summed E-state index contributed by atoms with van der Waals surface area (Å²) in [5.74, 6) is -0.699. The van der Waals surface area contributed by atoms with Gasteiger partial charge in [-0.25, -0.2) is 4.98 Å². The molecule has 32 heavy (non-hydrogen) atoms. The van der Waals surface area contributed by atoms with Crippen LogP contribution in [0.1, 0.15) is 12.0 Å². The molecule has 11 heteroatoms. The van der Waals surface area contributed by atoms with Gasteiger partial charge >= 0.3 is 6.18 Å². The van der Waals surface area contributed by atoms with Gasteiger partial charge in [-0.1, -0.05) is 35.5 Å². The lowest BCUT2D eigenvalue weighted by atomic mass is 10.2. The first-order valence-corrected chi connectivity index (χ1v) is 10.8. The average molecular weight is 486 g/mol. The lowest BCUT2D eigenvalue weighted by Gasteiger charge is -2.14. The highest BCUT2D eigenvalue weighted by molar-refractivity contribution is 7.99. The highest BCUT2D eigenvalue weighted by Crippen LogP contribution is 2.36. The molecule has 1 N–H and O–H groups in total. The Hall–Kier alpha value is -2.56. The van der Waals surface area contributed by atoms with Gasteiger partial charge in [-0.3, -0.25) is 14.2 Å². The molecule has 0 aliphatic heterocycles. The molecule has 1 amide bonds. The van der Waals surface area contributed by atoms with E-state index in [1.807, 2.05) is 0 Å². The maximum absolute atomic E-state index is 13.0. The summed E-state index contributed by atoms with van der Waals surface area (Å²) in [6, 6.07) is 10.0. The zero-order chi connectivity index (χ0) is 23.3.